The highest BCUT2D eigenvalue weighted by Crippen LogP contribution is 2.39. The number of hydrogen-bond acceptors (Lipinski definition) is 3. The minimum atomic E-state index is -0.227. The number of fused-ring (bicyclic) bond motifs is 1. The number of carbonyl (C=O) groups is 2. The zero-order valence-electron chi connectivity index (χ0n) is 15.6. The second kappa shape index (κ2) is 7.17. The largest absolute Gasteiger partial charge is 0.459 e. The van der Waals surface area contributed by atoms with Crippen LogP contribution in [0.2, 0.25) is 5.02 Å². The van der Waals surface area contributed by atoms with E-state index >= 15 is 0 Å². The first-order valence-electron chi connectivity index (χ1n) is 9.01. The van der Waals surface area contributed by atoms with Crippen LogP contribution in [0.15, 0.2) is 65.3 Å². The average Bonchev–Trinajstić information content (AvgIpc) is 3.21. The number of anilines is 2. The predicted octanol–water partition coefficient (Wildman–Crippen LogP) is 5.00. The van der Waals surface area contributed by atoms with Gasteiger partial charge in [-0.1, -0.05) is 29.8 Å². The predicted molar refractivity (Wildman–Crippen MR) is 110 cm³/mol. The SMILES string of the molecule is CC(=O)N1c2ccc(-c3ccc(Cl)cc3)cc2N(C(=O)c2ccco2)CC1C. The van der Waals surface area contributed by atoms with Crippen LogP contribution >= 0.6 is 11.6 Å². The van der Waals surface area contributed by atoms with E-state index in [9.17, 15) is 9.59 Å². The van der Waals surface area contributed by atoms with E-state index in [2.05, 4.69) is 0 Å². The van der Waals surface area contributed by atoms with Gasteiger partial charge in [-0.15, -0.1) is 0 Å². The van der Waals surface area contributed by atoms with Crippen molar-refractivity contribution in [1.29, 1.82) is 0 Å². The molecule has 2 aromatic carbocycles. The molecule has 1 aliphatic heterocycles. The lowest BCUT2D eigenvalue weighted by Gasteiger charge is -2.40. The van der Waals surface area contributed by atoms with Gasteiger partial charge >= 0.3 is 0 Å². The van der Waals surface area contributed by atoms with Gasteiger partial charge in [0, 0.05) is 18.5 Å². The number of nitrogens with zero attached hydrogens (tertiary/aromatic N) is 2. The van der Waals surface area contributed by atoms with Crippen LogP contribution in [0.4, 0.5) is 11.4 Å². The summed E-state index contributed by atoms with van der Waals surface area (Å²) < 4.78 is 5.31. The summed E-state index contributed by atoms with van der Waals surface area (Å²) in [5.74, 6) is -0.0148. The van der Waals surface area contributed by atoms with Gasteiger partial charge in [0.25, 0.3) is 5.91 Å². The Morgan fingerprint density at radius 1 is 1.04 bits per heavy atom. The molecule has 0 N–H and O–H groups in total. The molecule has 28 heavy (non-hydrogen) atoms. The summed E-state index contributed by atoms with van der Waals surface area (Å²) >= 11 is 6.00. The number of carbonyl (C=O) groups excluding carboxylic acids is 2. The highest BCUT2D eigenvalue weighted by atomic mass is 35.5. The summed E-state index contributed by atoms with van der Waals surface area (Å²) in [6.07, 6.45) is 1.48. The Morgan fingerprint density at radius 2 is 1.75 bits per heavy atom. The lowest BCUT2D eigenvalue weighted by atomic mass is 10.0. The summed E-state index contributed by atoms with van der Waals surface area (Å²) in [5, 5.41) is 0.660. The summed E-state index contributed by atoms with van der Waals surface area (Å²) in [7, 11) is 0. The van der Waals surface area contributed by atoms with E-state index in [0.717, 1.165) is 11.1 Å². The zero-order valence-corrected chi connectivity index (χ0v) is 16.3. The highest BCUT2D eigenvalue weighted by molar-refractivity contribution is 6.30. The quantitative estimate of drug-likeness (QED) is 0.614. The topological polar surface area (TPSA) is 53.8 Å². The molecule has 0 fully saturated rings. The lowest BCUT2D eigenvalue weighted by Crippen LogP contribution is -2.51. The molecule has 1 aliphatic rings. The fourth-order valence-corrected chi connectivity index (χ4v) is 3.78. The summed E-state index contributed by atoms with van der Waals surface area (Å²) in [4.78, 5) is 28.7. The standard InChI is InChI=1S/C22H19ClN2O3/c1-14-13-24(22(27)21-4-3-11-28-21)20-12-17(16-5-8-18(23)9-6-16)7-10-19(20)25(14)15(2)26/h3-12,14H,13H2,1-2H3. The van der Waals surface area contributed by atoms with Crippen molar-refractivity contribution in [1.82, 2.24) is 0 Å². The van der Waals surface area contributed by atoms with Gasteiger partial charge in [0.2, 0.25) is 5.91 Å². The molecule has 5 nitrogen and oxygen atoms in total. The van der Waals surface area contributed by atoms with Crippen molar-refractivity contribution in [3.8, 4) is 11.1 Å². The molecule has 0 bridgehead atoms. The van der Waals surface area contributed by atoms with E-state index in [1.54, 1.807) is 21.9 Å². The number of amides is 2. The molecule has 142 valence electrons. The van der Waals surface area contributed by atoms with E-state index in [1.165, 1.54) is 13.2 Å². The van der Waals surface area contributed by atoms with Crippen LogP contribution in [0, 0.1) is 0 Å². The van der Waals surface area contributed by atoms with Gasteiger partial charge in [0.15, 0.2) is 5.76 Å². The van der Waals surface area contributed by atoms with E-state index in [-0.39, 0.29) is 23.6 Å². The van der Waals surface area contributed by atoms with Gasteiger partial charge in [0.1, 0.15) is 0 Å². The minimum Gasteiger partial charge on any atom is -0.459 e. The normalized spacial score (nSPS) is 16.0. The summed E-state index contributed by atoms with van der Waals surface area (Å²) in [5.41, 5.74) is 3.31. The van der Waals surface area contributed by atoms with Crippen molar-refractivity contribution in [2.75, 3.05) is 16.3 Å². The van der Waals surface area contributed by atoms with Crippen LogP contribution in [0.5, 0.6) is 0 Å². The smallest absolute Gasteiger partial charge is 0.294 e. The first-order chi connectivity index (χ1) is 13.5. The highest BCUT2D eigenvalue weighted by Gasteiger charge is 2.34. The number of halogens is 1. The lowest BCUT2D eigenvalue weighted by molar-refractivity contribution is -0.117. The molecule has 6 heteroatoms. The van der Waals surface area contributed by atoms with Crippen molar-refractivity contribution in [2.24, 2.45) is 0 Å². The van der Waals surface area contributed by atoms with Gasteiger partial charge in [-0.2, -0.15) is 0 Å². The number of furan rings is 1. The fraction of sp³-hybridized carbons (Fsp3) is 0.182. The molecule has 0 spiro atoms. The number of benzene rings is 2. The number of rotatable bonds is 2. The zero-order chi connectivity index (χ0) is 19.8. The van der Waals surface area contributed by atoms with Gasteiger partial charge in [0.05, 0.1) is 23.7 Å². The Balaban J connectivity index is 1.84. The van der Waals surface area contributed by atoms with E-state index < -0.39 is 0 Å². The molecule has 0 aliphatic carbocycles. The molecule has 3 aromatic rings. The molecule has 2 heterocycles. The third-order valence-corrected chi connectivity index (χ3v) is 5.16. The molecule has 0 saturated heterocycles. The van der Waals surface area contributed by atoms with Crippen LogP contribution in [-0.4, -0.2) is 24.4 Å². The van der Waals surface area contributed by atoms with Crippen molar-refractivity contribution >= 4 is 34.8 Å². The summed E-state index contributed by atoms with van der Waals surface area (Å²) in [6.45, 7) is 3.85. The molecular weight excluding hydrogens is 376 g/mol. The Labute approximate surface area is 168 Å². The van der Waals surface area contributed by atoms with Crippen LogP contribution < -0.4 is 9.80 Å². The first kappa shape index (κ1) is 18.3. The van der Waals surface area contributed by atoms with E-state index in [1.807, 2.05) is 49.4 Å². The summed E-state index contributed by atoms with van der Waals surface area (Å²) in [6, 6.07) is 16.5. The van der Waals surface area contributed by atoms with Gasteiger partial charge in [-0.25, -0.2) is 0 Å². The molecule has 1 atom stereocenters. The average molecular weight is 395 g/mol. The van der Waals surface area contributed by atoms with Gasteiger partial charge < -0.3 is 14.2 Å². The third-order valence-electron chi connectivity index (χ3n) is 4.91. The Hall–Kier alpha value is -3.05. The van der Waals surface area contributed by atoms with Crippen LogP contribution in [-0.2, 0) is 4.79 Å². The Morgan fingerprint density at radius 3 is 2.39 bits per heavy atom. The van der Waals surface area contributed by atoms with Crippen molar-refractivity contribution in [2.45, 2.75) is 19.9 Å². The van der Waals surface area contributed by atoms with E-state index in [0.29, 0.717) is 22.9 Å². The monoisotopic (exact) mass is 394 g/mol. The fourth-order valence-electron chi connectivity index (χ4n) is 3.65. The molecule has 1 unspecified atom stereocenters. The number of hydrogen-bond donors (Lipinski definition) is 0. The molecule has 1 aromatic heterocycles. The van der Waals surface area contributed by atoms with E-state index in [4.69, 9.17) is 16.0 Å². The second-order valence-corrected chi connectivity index (χ2v) is 7.28. The van der Waals surface area contributed by atoms with Crippen LogP contribution in [0.1, 0.15) is 24.4 Å². The van der Waals surface area contributed by atoms with Gasteiger partial charge in [-0.3, -0.25) is 9.59 Å². The maximum absolute atomic E-state index is 13.0. The van der Waals surface area contributed by atoms with Crippen molar-refractivity contribution in [3.63, 3.8) is 0 Å². The molecule has 4 rings (SSSR count). The Bertz CT molecular complexity index is 1030. The van der Waals surface area contributed by atoms with Crippen molar-refractivity contribution < 1.29 is 14.0 Å². The minimum absolute atomic E-state index is 0.0573. The molecule has 0 radical (unpaired) electrons. The molecule has 2 amide bonds. The first-order valence-corrected chi connectivity index (χ1v) is 9.38. The molecular formula is C22H19ClN2O3. The van der Waals surface area contributed by atoms with Crippen LogP contribution in [0.3, 0.4) is 0 Å². The van der Waals surface area contributed by atoms with Gasteiger partial charge in [-0.05, 0) is 54.4 Å². The Kier molecular flexibility index (Phi) is 4.69. The second-order valence-electron chi connectivity index (χ2n) is 6.84. The maximum atomic E-state index is 13.0. The van der Waals surface area contributed by atoms with Crippen LogP contribution in [0.25, 0.3) is 11.1 Å². The third kappa shape index (κ3) is 3.18. The molecule has 0 saturated carbocycles. The maximum Gasteiger partial charge on any atom is 0.294 e. The van der Waals surface area contributed by atoms with Crippen molar-refractivity contribution in [3.05, 3.63) is 71.6 Å².